The molecule has 1 aromatic heterocycles. The normalized spacial score (nSPS) is 11.1. The van der Waals surface area contributed by atoms with Gasteiger partial charge in [0.1, 0.15) is 0 Å². The zero-order chi connectivity index (χ0) is 12.8. The molecule has 0 unspecified atom stereocenters. The quantitative estimate of drug-likeness (QED) is 0.850. The summed E-state index contributed by atoms with van der Waals surface area (Å²) in [4.78, 5) is 0. The fourth-order valence-electron chi connectivity index (χ4n) is 1.83. The van der Waals surface area contributed by atoms with Crippen LogP contribution in [0.1, 0.15) is 32.6 Å². The molecule has 0 aliphatic rings. The molecule has 0 aliphatic heterocycles. The number of rotatable bonds is 6. The molecule has 0 bridgehead atoms. The van der Waals surface area contributed by atoms with Crippen molar-refractivity contribution in [2.24, 2.45) is 0 Å². The van der Waals surface area contributed by atoms with Crippen LogP contribution >= 0.6 is 0 Å². The van der Waals surface area contributed by atoms with Crippen molar-refractivity contribution in [3.8, 4) is 11.5 Å². The van der Waals surface area contributed by atoms with Crippen LogP contribution in [0.25, 0.3) is 11.5 Å². The predicted octanol–water partition coefficient (Wildman–Crippen LogP) is 3.01. The van der Waals surface area contributed by atoms with Crippen LogP contribution in [0.2, 0.25) is 0 Å². The molecule has 0 spiro atoms. The van der Waals surface area contributed by atoms with Gasteiger partial charge >= 0.3 is 0 Å². The maximum absolute atomic E-state index is 5.62. The molecule has 0 saturated heterocycles. The molecular formula is C14H19N3O. The molecule has 1 heterocycles. The predicted molar refractivity (Wildman–Crippen MR) is 70.9 cm³/mol. The van der Waals surface area contributed by atoms with Crippen molar-refractivity contribution in [1.29, 1.82) is 0 Å². The molecule has 0 radical (unpaired) electrons. The van der Waals surface area contributed by atoms with E-state index >= 15 is 0 Å². The van der Waals surface area contributed by atoms with E-state index in [4.69, 9.17) is 4.42 Å². The summed E-state index contributed by atoms with van der Waals surface area (Å²) in [5, 5.41) is 11.5. The molecule has 0 saturated carbocycles. The van der Waals surface area contributed by atoms with Gasteiger partial charge in [0.25, 0.3) is 0 Å². The Hall–Kier alpha value is -1.68. The molecule has 18 heavy (non-hydrogen) atoms. The lowest BCUT2D eigenvalue weighted by molar-refractivity contribution is 0.424. The second kappa shape index (κ2) is 6.31. The van der Waals surface area contributed by atoms with Crippen molar-refractivity contribution < 1.29 is 4.42 Å². The van der Waals surface area contributed by atoms with Crippen LogP contribution in [0, 0.1) is 0 Å². The van der Waals surface area contributed by atoms with Crippen molar-refractivity contribution in [1.82, 2.24) is 15.5 Å². The van der Waals surface area contributed by atoms with Crippen molar-refractivity contribution in [3.63, 3.8) is 0 Å². The zero-order valence-corrected chi connectivity index (χ0v) is 10.9. The highest BCUT2D eigenvalue weighted by Gasteiger charge is 2.09. The van der Waals surface area contributed by atoms with Gasteiger partial charge in [-0.15, -0.1) is 10.2 Å². The Morgan fingerprint density at radius 3 is 2.50 bits per heavy atom. The fraction of sp³-hybridized carbons (Fsp3) is 0.429. The van der Waals surface area contributed by atoms with Gasteiger partial charge in [-0.25, -0.2) is 0 Å². The van der Waals surface area contributed by atoms with Gasteiger partial charge in [0.15, 0.2) is 0 Å². The molecule has 1 N–H and O–H groups in total. The first-order valence-electron chi connectivity index (χ1n) is 6.44. The summed E-state index contributed by atoms with van der Waals surface area (Å²) in [5.74, 6) is 1.22. The molecule has 4 heteroatoms. The number of hydrogen-bond acceptors (Lipinski definition) is 4. The third-order valence-corrected chi connectivity index (χ3v) is 3.02. The van der Waals surface area contributed by atoms with Crippen LogP contribution in [0.5, 0.6) is 0 Å². The topological polar surface area (TPSA) is 51.0 Å². The Labute approximate surface area is 107 Å². The van der Waals surface area contributed by atoms with Gasteiger partial charge < -0.3 is 9.73 Å². The average Bonchev–Trinajstić information content (AvgIpc) is 2.90. The first kappa shape index (κ1) is 12.8. The van der Waals surface area contributed by atoms with E-state index in [-0.39, 0.29) is 0 Å². The first-order chi connectivity index (χ1) is 8.83. The summed E-state index contributed by atoms with van der Waals surface area (Å²) < 4.78 is 5.62. The van der Waals surface area contributed by atoms with Crippen LogP contribution in [0.4, 0.5) is 0 Å². The lowest BCUT2D eigenvalue weighted by Gasteiger charge is -2.12. The lowest BCUT2D eigenvalue weighted by atomic mass is 10.2. The molecule has 0 fully saturated rings. The first-order valence-corrected chi connectivity index (χ1v) is 6.44. The van der Waals surface area contributed by atoms with E-state index in [0.29, 0.717) is 24.4 Å². The number of hydrogen-bond donors (Lipinski definition) is 1. The van der Waals surface area contributed by atoms with E-state index in [2.05, 4.69) is 29.4 Å². The highest BCUT2D eigenvalue weighted by molar-refractivity contribution is 5.51. The van der Waals surface area contributed by atoms with E-state index in [1.807, 2.05) is 30.3 Å². The van der Waals surface area contributed by atoms with Crippen LogP contribution in [-0.2, 0) is 6.54 Å². The lowest BCUT2D eigenvalue weighted by Crippen LogP contribution is -2.27. The van der Waals surface area contributed by atoms with Gasteiger partial charge in [0.05, 0.1) is 6.54 Å². The van der Waals surface area contributed by atoms with E-state index in [9.17, 15) is 0 Å². The summed E-state index contributed by atoms with van der Waals surface area (Å²) >= 11 is 0. The SMILES string of the molecule is CCC(CC)NCc1nnc(-c2ccccc2)o1. The van der Waals surface area contributed by atoms with Crippen molar-refractivity contribution >= 4 is 0 Å². The summed E-state index contributed by atoms with van der Waals surface area (Å²) in [6.07, 6.45) is 2.21. The van der Waals surface area contributed by atoms with Crippen LogP contribution < -0.4 is 5.32 Å². The summed E-state index contributed by atoms with van der Waals surface area (Å²) in [5.41, 5.74) is 0.957. The number of benzene rings is 1. The molecule has 0 aliphatic carbocycles. The minimum Gasteiger partial charge on any atom is -0.419 e. The largest absolute Gasteiger partial charge is 0.419 e. The molecule has 1 aromatic carbocycles. The summed E-state index contributed by atoms with van der Waals surface area (Å²) in [6, 6.07) is 10.3. The maximum atomic E-state index is 5.62. The smallest absolute Gasteiger partial charge is 0.247 e. The van der Waals surface area contributed by atoms with Crippen LogP contribution in [0.15, 0.2) is 34.7 Å². The second-order valence-corrected chi connectivity index (χ2v) is 4.26. The van der Waals surface area contributed by atoms with E-state index in [0.717, 1.165) is 18.4 Å². The Morgan fingerprint density at radius 1 is 1.11 bits per heavy atom. The van der Waals surface area contributed by atoms with Gasteiger partial charge in [0, 0.05) is 11.6 Å². The molecule has 0 amide bonds. The minimum absolute atomic E-state index is 0.511. The Balaban J connectivity index is 1.98. The van der Waals surface area contributed by atoms with E-state index in [1.165, 1.54) is 0 Å². The number of aromatic nitrogens is 2. The standard InChI is InChI=1S/C14H19N3O/c1-3-12(4-2)15-10-13-16-17-14(18-13)11-8-6-5-7-9-11/h5-9,12,15H,3-4,10H2,1-2H3. The van der Waals surface area contributed by atoms with Crippen molar-refractivity contribution in [2.45, 2.75) is 39.3 Å². The average molecular weight is 245 g/mol. The Morgan fingerprint density at radius 2 is 1.83 bits per heavy atom. The van der Waals surface area contributed by atoms with Gasteiger partial charge in [-0.05, 0) is 25.0 Å². The second-order valence-electron chi connectivity index (χ2n) is 4.26. The number of nitrogens with zero attached hydrogens (tertiary/aromatic N) is 2. The van der Waals surface area contributed by atoms with Crippen molar-refractivity contribution in [3.05, 3.63) is 36.2 Å². The molecule has 0 atom stereocenters. The molecule has 96 valence electrons. The van der Waals surface area contributed by atoms with Crippen molar-refractivity contribution in [2.75, 3.05) is 0 Å². The molecule has 2 aromatic rings. The highest BCUT2D eigenvalue weighted by atomic mass is 16.4. The summed E-state index contributed by atoms with van der Waals surface area (Å²) in [6.45, 7) is 4.97. The minimum atomic E-state index is 0.511. The Bertz CT molecular complexity index is 463. The fourth-order valence-corrected chi connectivity index (χ4v) is 1.83. The number of nitrogens with one attached hydrogen (secondary N) is 1. The van der Waals surface area contributed by atoms with E-state index < -0.39 is 0 Å². The van der Waals surface area contributed by atoms with Crippen LogP contribution in [-0.4, -0.2) is 16.2 Å². The molecular weight excluding hydrogens is 226 g/mol. The monoisotopic (exact) mass is 245 g/mol. The van der Waals surface area contributed by atoms with Gasteiger partial charge in [-0.2, -0.15) is 0 Å². The Kier molecular flexibility index (Phi) is 4.47. The van der Waals surface area contributed by atoms with Gasteiger partial charge in [-0.1, -0.05) is 32.0 Å². The molecule has 2 rings (SSSR count). The molecule has 4 nitrogen and oxygen atoms in total. The van der Waals surface area contributed by atoms with E-state index in [1.54, 1.807) is 0 Å². The highest BCUT2D eigenvalue weighted by Crippen LogP contribution is 2.16. The van der Waals surface area contributed by atoms with Gasteiger partial charge in [0.2, 0.25) is 11.8 Å². The van der Waals surface area contributed by atoms with Gasteiger partial charge in [-0.3, -0.25) is 0 Å². The zero-order valence-electron chi connectivity index (χ0n) is 10.9. The van der Waals surface area contributed by atoms with Crippen LogP contribution in [0.3, 0.4) is 0 Å². The third-order valence-electron chi connectivity index (χ3n) is 3.02. The summed E-state index contributed by atoms with van der Waals surface area (Å²) in [7, 11) is 0. The maximum Gasteiger partial charge on any atom is 0.247 e. The third kappa shape index (κ3) is 3.17.